The Kier molecular flexibility index (Phi) is 7.89. The second-order valence-electron chi connectivity index (χ2n) is 10.6. The van der Waals surface area contributed by atoms with Gasteiger partial charge in [0.15, 0.2) is 0 Å². The Morgan fingerprint density at radius 3 is 2.48 bits per heavy atom. The highest BCUT2D eigenvalue weighted by Crippen LogP contribution is 2.44. The van der Waals surface area contributed by atoms with Crippen molar-refractivity contribution in [3.8, 4) is 5.75 Å². The van der Waals surface area contributed by atoms with Crippen molar-refractivity contribution < 1.29 is 14.6 Å². The standard InChI is InChI=1S/C36H32N2O3S/c1-2-34(42)37-35-30(36(39)40)14-9-16-32(35)38-28(22-27-12-6-7-15-31(27)38)21-25-18-19-29-26(20-25)13-8-17-33(29)41-23-24-10-4-3-5-11-24/h3-20,28H,2,21-23H2,1H3,(H,37,42)(H,39,40). The lowest BCUT2D eigenvalue weighted by Gasteiger charge is -2.31. The molecule has 6 rings (SSSR count). The SMILES string of the molecule is CCC(=S)Nc1c(C(=O)O)cccc1N1c2ccccc2CC1Cc1ccc2c(OCc3ccccc3)cccc2c1. The lowest BCUT2D eigenvalue weighted by molar-refractivity contribution is 0.0698. The average Bonchev–Trinajstić information content (AvgIpc) is 3.37. The maximum Gasteiger partial charge on any atom is 0.337 e. The molecule has 0 saturated heterocycles. The molecule has 0 aromatic heterocycles. The van der Waals surface area contributed by atoms with Gasteiger partial charge < -0.3 is 20.1 Å². The first-order valence-electron chi connectivity index (χ1n) is 14.2. The number of rotatable bonds is 9. The zero-order valence-corrected chi connectivity index (χ0v) is 24.2. The van der Waals surface area contributed by atoms with Crippen molar-refractivity contribution in [3.05, 3.63) is 131 Å². The van der Waals surface area contributed by atoms with E-state index in [0.29, 0.717) is 23.7 Å². The van der Waals surface area contributed by atoms with Crippen molar-refractivity contribution in [1.29, 1.82) is 0 Å². The van der Waals surface area contributed by atoms with Crippen LogP contribution in [-0.2, 0) is 19.4 Å². The molecule has 42 heavy (non-hydrogen) atoms. The smallest absolute Gasteiger partial charge is 0.337 e. The maximum atomic E-state index is 12.2. The molecule has 5 aromatic carbocycles. The van der Waals surface area contributed by atoms with Gasteiger partial charge in [0.25, 0.3) is 0 Å². The van der Waals surface area contributed by atoms with Crippen LogP contribution in [0.5, 0.6) is 5.75 Å². The minimum atomic E-state index is -0.984. The van der Waals surface area contributed by atoms with Gasteiger partial charge in [-0.15, -0.1) is 0 Å². The summed E-state index contributed by atoms with van der Waals surface area (Å²) >= 11 is 5.50. The summed E-state index contributed by atoms with van der Waals surface area (Å²) in [7, 11) is 0. The van der Waals surface area contributed by atoms with Crippen molar-refractivity contribution in [2.75, 3.05) is 10.2 Å². The molecule has 0 radical (unpaired) electrons. The molecule has 5 aromatic rings. The first-order chi connectivity index (χ1) is 20.5. The highest BCUT2D eigenvalue weighted by molar-refractivity contribution is 7.80. The first kappa shape index (κ1) is 27.5. The van der Waals surface area contributed by atoms with Crippen LogP contribution in [0.25, 0.3) is 10.8 Å². The van der Waals surface area contributed by atoms with Crippen LogP contribution in [0, 0.1) is 0 Å². The summed E-state index contributed by atoms with van der Waals surface area (Å²) in [4.78, 5) is 15.1. The number of benzene rings is 5. The van der Waals surface area contributed by atoms with Crippen LogP contribution >= 0.6 is 12.2 Å². The number of hydrogen-bond acceptors (Lipinski definition) is 4. The Balaban J connectivity index is 1.34. The molecule has 5 nitrogen and oxygen atoms in total. The second-order valence-corrected chi connectivity index (χ2v) is 11.0. The molecule has 1 aliphatic heterocycles. The molecular formula is C36H32N2O3S. The van der Waals surface area contributed by atoms with Crippen molar-refractivity contribution in [2.24, 2.45) is 0 Å². The van der Waals surface area contributed by atoms with Gasteiger partial charge in [-0.05, 0) is 65.6 Å². The average molecular weight is 573 g/mol. The van der Waals surface area contributed by atoms with Crippen LogP contribution in [-0.4, -0.2) is 22.1 Å². The van der Waals surface area contributed by atoms with Crippen LogP contribution in [0.15, 0.2) is 109 Å². The van der Waals surface area contributed by atoms with Crippen molar-refractivity contribution in [1.82, 2.24) is 0 Å². The monoisotopic (exact) mass is 572 g/mol. The summed E-state index contributed by atoms with van der Waals surface area (Å²) in [6.45, 7) is 2.48. The van der Waals surface area contributed by atoms with E-state index in [2.05, 4.69) is 64.8 Å². The molecule has 0 saturated carbocycles. The molecule has 6 heteroatoms. The largest absolute Gasteiger partial charge is 0.488 e. The molecule has 1 heterocycles. The third kappa shape index (κ3) is 5.58. The summed E-state index contributed by atoms with van der Waals surface area (Å²) in [6, 6.07) is 36.8. The number of aromatic carboxylic acids is 1. The highest BCUT2D eigenvalue weighted by atomic mass is 32.1. The molecule has 0 bridgehead atoms. The van der Waals surface area contributed by atoms with Crippen LogP contribution in [0.1, 0.15) is 40.4 Å². The number of thiocarbonyl (C=S) groups is 1. The molecule has 1 aliphatic rings. The van der Waals surface area contributed by atoms with Gasteiger partial charge in [0.05, 0.1) is 21.9 Å². The van der Waals surface area contributed by atoms with Crippen molar-refractivity contribution in [2.45, 2.75) is 38.8 Å². The second kappa shape index (κ2) is 12.0. The van der Waals surface area contributed by atoms with Gasteiger partial charge in [-0.25, -0.2) is 4.79 Å². The Morgan fingerprint density at radius 2 is 1.67 bits per heavy atom. The first-order valence-corrected chi connectivity index (χ1v) is 14.6. The van der Waals surface area contributed by atoms with Gasteiger partial charge in [-0.2, -0.15) is 0 Å². The summed E-state index contributed by atoms with van der Waals surface area (Å²) in [5.74, 6) is -0.118. The fourth-order valence-electron chi connectivity index (χ4n) is 5.79. The molecule has 1 unspecified atom stereocenters. The number of nitrogens with one attached hydrogen (secondary N) is 1. The Morgan fingerprint density at radius 1 is 0.905 bits per heavy atom. The normalized spacial score (nSPS) is 14.0. The number of hydrogen-bond donors (Lipinski definition) is 2. The van der Waals surface area contributed by atoms with Gasteiger partial charge in [0.2, 0.25) is 0 Å². The molecule has 0 fully saturated rings. The van der Waals surface area contributed by atoms with E-state index in [1.165, 1.54) is 11.1 Å². The molecular weight excluding hydrogens is 540 g/mol. The summed E-state index contributed by atoms with van der Waals surface area (Å²) in [5.41, 5.74) is 6.24. The third-order valence-corrected chi connectivity index (χ3v) is 8.19. The number of fused-ring (bicyclic) bond motifs is 2. The van der Waals surface area contributed by atoms with E-state index in [0.717, 1.165) is 46.3 Å². The molecule has 0 amide bonds. The van der Waals surface area contributed by atoms with Crippen molar-refractivity contribution in [3.63, 3.8) is 0 Å². The lowest BCUT2D eigenvalue weighted by Crippen LogP contribution is -2.31. The fraction of sp³-hybridized carbons (Fsp3) is 0.167. The fourth-order valence-corrected chi connectivity index (χ4v) is 5.89. The minimum absolute atomic E-state index is 0.0946. The molecule has 1 atom stereocenters. The van der Waals surface area contributed by atoms with Gasteiger partial charge in [0, 0.05) is 17.1 Å². The van der Waals surface area contributed by atoms with Gasteiger partial charge in [0.1, 0.15) is 12.4 Å². The third-order valence-electron chi connectivity index (χ3n) is 7.80. The minimum Gasteiger partial charge on any atom is -0.488 e. The van der Waals surface area contributed by atoms with Gasteiger partial charge in [-0.1, -0.05) is 104 Å². The van der Waals surface area contributed by atoms with Crippen LogP contribution in [0.4, 0.5) is 17.1 Å². The lowest BCUT2D eigenvalue weighted by atomic mass is 9.98. The number of nitrogens with zero attached hydrogens (tertiary/aromatic N) is 1. The number of carboxylic acids is 1. The highest BCUT2D eigenvalue weighted by Gasteiger charge is 2.33. The summed E-state index contributed by atoms with van der Waals surface area (Å²) in [6.07, 6.45) is 2.26. The van der Waals surface area contributed by atoms with Crippen LogP contribution in [0.2, 0.25) is 0 Å². The Bertz CT molecular complexity index is 1770. The molecule has 2 N–H and O–H groups in total. The number of carbonyl (C=O) groups is 1. The number of anilines is 3. The topological polar surface area (TPSA) is 61.8 Å². The van der Waals surface area contributed by atoms with Crippen LogP contribution in [0.3, 0.4) is 0 Å². The predicted octanol–water partition coefficient (Wildman–Crippen LogP) is 8.57. The Hall–Kier alpha value is -4.68. The number of carboxylic acid groups (broad SMARTS) is 1. The van der Waals surface area contributed by atoms with Crippen molar-refractivity contribution >= 4 is 51.0 Å². The number of para-hydroxylation sites is 2. The van der Waals surface area contributed by atoms with E-state index < -0.39 is 5.97 Å². The zero-order valence-electron chi connectivity index (χ0n) is 23.4. The Labute approximate surface area is 251 Å². The van der Waals surface area contributed by atoms with E-state index in [4.69, 9.17) is 17.0 Å². The van der Waals surface area contributed by atoms with E-state index in [1.807, 2.05) is 55.5 Å². The van der Waals surface area contributed by atoms with Gasteiger partial charge in [-0.3, -0.25) is 0 Å². The number of ether oxygens (including phenoxy) is 1. The maximum absolute atomic E-state index is 12.2. The zero-order chi connectivity index (χ0) is 29.1. The van der Waals surface area contributed by atoms with E-state index in [1.54, 1.807) is 6.07 Å². The molecule has 210 valence electrons. The molecule has 0 spiro atoms. The predicted molar refractivity (Wildman–Crippen MR) is 174 cm³/mol. The molecule has 0 aliphatic carbocycles. The van der Waals surface area contributed by atoms with E-state index >= 15 is 0 Å². The quantitative estimate of drug-likeness (QED) is 0.173. The summed E-state index contributed by atoms with van der Waals surface area (Å²) < 4.78 is 6.21. The van der Waals surface area contributed by atoms with Crippen LogP contribution < -0.4 is 15.0 Å². The van der Waals surface area contributed by atoms with E-state index in [9.17, 15) is 9.90 Å². The van der Waals surface area contributed by atoms with E-state index in [-0.39, 0.29) is 11.6 Å². The summed E-state index contributed by atoms with van der Waals surface area (Å²) in [5, 5.41) is 15.5. The van der Waals surface area contributed by atoms with Gasteiger partial charge >= 0.3 is 5.97 Å².